The molecule has 0 atom stereocenters. The molecule has 1 rings (SSSR count). The molecular weight excluding hydrogens is 317 g/mol. The number of hydrogen-bond donors (Lipinski definition) is 0. The van der Waals surface area contributed by atoms with E-state index in [1.54, 1.807) is 12.1 Å². The lowest BCUT2D eigenvalue weighted by Crippen LogP contribution is -2.04. The first-order valence-electron chi connectivity index (χ1n) is 4.75. The summed E-state index contributed by atoms with van der Waals surface area (Å²) in [6.45, 7) is 1.36. The molecule has 17 heavy (non-hydrogen) atoms. The van der Waals surface area contributed by atoms with E-state index in [4.69, 9.17) is 0 Å². The summed E-state index contributed by atoms with van der Waals surface area (Å²) in [5.41, 5.74) is -3.16. The largest absolute Gasteiger partial charge is 0.446 e. The van der Waals surface area contributed by atoms with Gasteiger partial charge in [-0.1, -0.05) is 28.1 Å². The molecule has 94 valence electrons. The Morgan fingerprint density at radius 1 is 1.41 bits per heavy atom. The summed E-state index contributed by atoms with van der Waals surface area (Å²) in [6.07, 6.45) is 0.0287. The maximum atomic E-state index is 12.4. The molecule has 1 nitrogen and oxygen atoms in total. The topological polar surface area (TPSA) is 17.1 Å². The number of carbonyl (C=O) groups is 1. The fourth-order valence-electron chi connectivity index (χ4n) is 1.32. The number of hydrogen-bond acceptors (Lipinski definition) is 2. The highest BCUT2D eigenvalue weighted by atomic mass is 79.9. The number of rotatable bonds is 4. The number of carbonyl (C=O) groups excluding carboxylic acids is 1. The van der Waals surface area contributed by atoms with E-state index < -0.39 is 5.51 Å². The van der Waals surface area contributed by atoms with Crippen LogP contribution in [0.3, 0.4) is 0 Å². The SMILES string of the molecule is CC(=O)Cc1ccc(CBr)cc1SC(F)(F)F. The molecule has 1 aromatic rings. The average molecular weight is 327 g/mol. The zero-order chi connectivity index (χ0) is 13.1. The predicted octanol–water partition coefficient (Wildman–Crippen LogP) is 4.32. The van der Waals surface area contributed by atoms with Crippen LogP contribution in [0.15, 0.2) is 23.1 Å². The van der Waals surface area contributed by atoms with Gasteiger partial charge < -0.3 is 0 Å². The van der Waals surface area contributed by atoms with Crippen LogP contribution in [-0.2, 0) is 16.5 Å². The Morgan fingerprint density at radius 3 is 2.53 bits per heavy atom. The minimum absolute atomic E-state index is 0.0287. The smallest absolute Gasteiger partial charge is 0.300 e. The molecule has 0 amide bonds. The molecule has 0 aromatic heterocycles. The van der Waals surface area contributed by atoms with Crippen molar-refractivity contribution in [1.82, 2.24) is 0 Å². The highest BCUT2D eigenvalue weighted by Crippen LogP contribution is 2.39. The molecule has 0 fully saturated rings. The van der Waals surface area contributed by atoms with E-state index >= 15 is 0 Å². The fourth-order valence-corrected chi connectivity index (χ4v) is 2.40. The Balaban J connectivity index is 3.07. The van der Waals surface area contributed by atoms with Gasteiger partial charge in [-0.15, -0.1) is 0 Å². The Labute approximate surface area is 110 Å². The van der Waals surface area contributed by atoms with Crippen LogP contribution in [0.4, 0.5) is 13.2 Å². The number of ketones is 1. The third kappa shape index (κ3) is 5.12. The van der Waals surface area contributed by atoms with Crippen LogP contribution < -0.4 is 0 Å². The lowest BCUT2D eigenvalue weighted by Gasteiger charge is -2.11. The summed E-state index contributed by atoms with van der Waals surface area (Å²) in [5.74, 6) is -0.152. The van der Waals surface area contributed by atoms with E-state index in [1.165, 1.54) is 13.0 Å². The third-order valence-electron chi connectivity index (χ3n) is 1.95. The van der Waals surface area contributed by atoms with Crippen molar-refractivity contribution in [3.63, 3.8) is 0 Å². The van der Waals surface area contributed by atoms with Gasteiger partial charge in [0.2, 0.25) is 0 Å². The van der Waals surface area contributed by atoms with Gasteiger partial charge in [0.1, 0.15) is 5.78 Å². The van der Waals surface area contributed by atoms with Crippen molar-refractivity contribution in [1.29, 1.82) is 0 Å². The van der Waals surface area contributed by atoms with E-state index in [2.05, 4.69) is 15.9 Å². The molecule has 0 saturated heterocycles. The summed E-state index contributed by atoms with van der Waals surface area (Å²) in [6, 6.07) is 4.75. The van der Waals surface area contributed by atoms with Crippen LogP contribution in [0, 0.1) is 0 Å². The molecule has 0 spiro atoms. The van der Waals surface area contributed by atoms with Crippen molar-refractivity contribution in [2.45, 2.75) is 29.1 Å². The molecule has 0 aliphatic carbocycles. The van der Waals surface area contributed by atoms with Crippen molar-refractivity contribution in [2.24, 2.45) is 0 Å². The summed E-state index contributed by atoms with van der Waals surface area (Å²) < 4.78 is 37.1. The third-order valence-corrected chi connectivity index (χ3v) is 3.43. The maximum Gasteiger partial charge on any atom is 0.446 e. The molecule has 1 aromatic carbocycles. The van der Waals surface area contributed by atoms with E-state index in [9.17, 15) is 18.0 Å². The summed E-state index contributed by atoms with van der Waals surface area (Å²) >= 11 is 3.02. The van der Waals surface area contributed by atoms with Crippen molar-refractivity contribution in [2.75, 3.05) is 0 Å². The summed E-state index contributed by atoms with van der Waals surface area (Å²) in [4.78, 5) is 11.1. The Morgan fingerprint density at radius 2 is 2.06 bits per heavy atom. The molecule has 0 aliphatic heterocycles. The quantitative estimate of drug-likeness (QED) is 0.605. The lowest BCUT2D eigenvalue weighted by atomic mass is 10.1. The van der Waals surface area contributed by atoms with E-state index in [0.29, 0.717) is 10.9 Å². The minimum atomic E-state index is -4.34. The Kier molecular flexibility index (Phi) is 5.06. The zero-order valence-electron chi connectivity index (χ0n) is 8.97. The van der Waals surface area contributed by atoms with Gasteiger partial charge in [-0.2, -0.15) is 13.2 Å². The first-order chi connectivity index (χ1) is 7.81. The number of Topliss-reactive ketones (excluding diaryl/α,β-unsaturated/α-hetero) is 1. The van der Waals surface area contributed by atoms with Crippen LogP contribution in [0.2, 0.25) is 0 Å². The highest BCUT2D eigenvalue weighted by molar-refractivity contribution is 9.08. The first-order valence-corrected chi connectivity index (χ1v) is 6.68. The predicted molar refractivity (Wildman–Crippen MR) is 65.4 cm³/mol. The Hall–Kier alpha value is -0.490. The van der Waals surface area contributed by atoms with Crippen LogP contribution in [0.1, 0.15) is 18.1 Å². The molecule has 0 aliphatic rings. The molecule has 0 bridgehead atoms. The first kappa shape index (κ1) is 14.6. The van der Waals surface area contributed by atoms with E-state index in [-0.39, 0.29) is 28.9 Å². The molecule has 0 saturated carbocycles. The van der Waals surface area contributed by atoms with Crippen molar-refractivity contribution < 1.29 is 18.0 Å². The number of alkyl halides is 4. The second-order valence-electron chi connectivity index (χ2n) is 3.50. The standard InChI is InChI=1S/C11H10BrF3OS/c1-7(16)4-9-3-2-8(6-12)5-10(9)17-11(13,14)15/h2-3,5H,4,6H2,1H3. The molecule has 0 radical (unpaired) electrons. The van der Waals surface area contributed by atoms with Gasteiger partial charge >= 0.3 is 5.51 Å². The number of benzene rings is 1. The number of halogens is 4. The van der Waals surface area contributed by atoms with Gasteiger partial charge in [0, 0.05) is 16.6 Å². The van der Waals surface area contributed by atoms with Crippen molar-refractivity contribution in [3.8, 4) is 0 Å². The molecule has 0 N–H and O–H groups in total. The van der Waals surface area contributed by atoms with Crippen LogP contribution in [-0.4, -0.2) is 11.3 Å². The summed E-state index contributed by atoms with van der Waals surface area (Å²) in [5, 5.41) is 0.485. The maximum absolute atomic E-state index is 12.4. The van der Waals surface area contributed by atoms with Crippen LogP contribution in [0.5, 0.6) is 0 Å². The van der Waals surface area contributed by atoms with Gasteiger partial charge in [0.15, 0.2) is 0 Å². The van der Waals surface area contributed by atoms with Crippen molar-refractivity contribution >= 4 is 33.5 Å². The van der Waals surface area contributed by atoms with Crippen LogP contribution >= 0.6 is 27.7 Å². The van der Waals surface area contributed by atoms with E-state index in [0.717, 1.165) is 5.56 Å². The minimum Gasteiger partial charge on any atom is -0.300 e. The monoisotopic (exact) mass is 326 g/mol. The molecule has 6 heteroatoms. The zero-order valence-corrected chi connectivity index (χ0v) is 11.4. The van der Waals surface area contributed by atoms with Gasteiger partial charge in [-0.25, -0.2) is 0 Å². The molecule has 0 unspecified atom stereocenters. The van der Waals surface area contributed by atoms with Gasteiger partial charge in [0.25, 0.3) is 0 Å². The summed E-state index contributed by atoms with van der Waals surface area (Å²) in [7, 11) is 0. The van der Waals surface area contributed by atoms with Gasteiger partial charge in [0.05, 0.1) is 0 Å². The molecular formula is C11H10BrF3OS. The second kappa shape index (κ2) is 5.91. The van der Waals surface area contributed by atoms with Crippen LogP contribution in [0.25, 0.3) is 0 Å². The lowest BCUT2D eigenvalue weighted by molar-refractivity contribution is -0.116. The Bertz CT molecular complexity index is 418. The average Bonchev–Trinajstić information content (AvgIpc) is 2.17. The fraction of sp³-hybridized carbons (Fsp3) is 0.364. The van der Waals surface area contributed by atoms with Crippen molar-refractivity contribution in [3.05, 3.63) is 29.3 Å². The van der Waals surface area contributed by atoms with Gasteiger partial charge in [-0.05, 0) is 35.9 Å². The highest BCUT2D eigenvalue weighted by Gasteiger charge is 2.30. The van der Waals surface area contributed by atoms with Gasteiger partial charge in [-0.3, -0.25) is 4.79 Å². The molecule has 0 heterocycles. The number of thioether (sulfide) groups is 1. The normalized spacial score (nSPS) is 11.6. The van der Waals surface area contributed by atoms with E-state index in [1.807, 2.05) is 0 Å². The second-order valence-corrected chi connectivity index (χ2v) is 5.17.